The Morgan fingerprint density at radius 2 is 1.89 bits per heavy atom. The zero-order valence-electron chi connectivity index (χ0n) is 11.2. The molecule has 1 aliphatic heterocycles. The summed E-state index contributed by atoms with van der Waals surface area (Å²) >= 11 is 0. The van der Waals surface area contributed by atoms with Gasteiger partial charge in [-0.1, -0.05) is 13.8 Å². The third-order valence-electron chi connectivity index (χ3n) is 2.90. The Morgan fingerprint density at radius 1 is 1.33 bits per heavy atom. The second kappa shape index (κ2) is 6.49. The maximum Gasteiger partial charge on any atom is 0.324 e. The number of hydrogen-bond acceptors (Lipinski definition) is 6. The van der Waals surface area contributed by atoms with E-state index in [1.807, 2.05) is 18.7 Å². The molecule has 0 aromatic rings. The summed E-state index contributed by atoms with van der Waals surface area (Å²) in [6.45, 7) is 5.36. The second-order valence-corrected chi connectivity index (χ2v) is 7.15. The summed E-state index contributed by atoms with van der Waals surface area (Å²) in [6.07, 6.45) is 0. The molecule has 0 aromatic carbocycles. The first kappa shape index (κ1) is 15.4. The van der Waals surface area contributed by atoms with Crippen LogP contribution in [0.3, 0.4) is 0 Å². The fraction of sp³-hybridized carbons (Fsp3) is 0.909. The molecule has 1 N–H and O–H groups in total. The first-order valence-electron chi connectivity index (χ1n) is 6.10. The Hall–Kier alpha value is -0.660. The third kappa shape index (κ3) is 4.91. The molecule has 0 bridgehead atoms. The van der Waals surface area contributed by atoms with Crippen LogP contribution < -0.4 is 5.32 Å². The smallest absolute Gasteiger partial charge is 0.324 e. The number of hydrogen-bond donors (Lipinski definition) is 1. The number of methoxy groups -OCH3 is 1. The number of carbonyl (C=O) groups is 1. The van der Waals surface area contributed by atoms with E-state index in [-0.39, 0.29) is 23.5 Å². The standard InChI is InChI=1S/C11H22N2O4S/c1-9(2)12-10(11(14)17-3)8-13-4-6-18(15,16)7-5-13/h9-10,12H,4-8H2,1-3H3. The van der Waals surface area contributed by atoms with Crippen molar-refractivity contribution in [3.8, 4) is 0 Å². The van der Waals surface area contributed by atoms with Crippen molar-refractivity contribution in [3.63, 3.8) is 0 Å². The molecule has 0 radical (unpaired) electrons. The molecule has 1 rings (SSSR count). The van der Waals surface area contributed by atoms with E-state index < -0.39 is 15.9 Å². The summed E-state index contributed by atoms with van der Waals surface area (Å²) in [5, 5.41) is 3.13. The summed E-state index contributed by atoms with van der Waals surface area (Å²) in [5.74, 6) is 0.0302. The Kier molecular flexibility index (Phi) is 5.55. The van der Waals surface area contributed by atoms with Crippen molar-refractivity contribution in [3.05, 3.63) is 0 Å². The molecule has 1 heterocycles. The third-order valence-corrected chi connectivity index (χ3v) is 4.51. The van der Waals surface area contributed by atoms with E-state index in [1.165, 1.54) is 7.11 Å². The monoisotopic (exact) mass is 278 g/mol. The van der Waals surface area contributed by atoms with E-state index >= 15 is 0 Å². The molecule has 0 amide bonds. The summed E-state index contributed by atoms with van der Waals surface area (Å²) in [7, 11) is -1.52. The minimum absolute atomic E-state index is 0.169. The molecule has 7 heteroatoms. The Balaban J connectivity index is 2.53. The summed E-state index contributed by atoms with van der Waals surface area (Å²) in [4.78, 5) is 13.6. The predicted octanol–water partition coefficient (Wildman–Crippen LogP) is -0.744. The van der Waals surface area contributed by atoms with Gasteiger partial charge < -0.3 is 10.1 Å². The van der Waals surface area contributed by atoms with E-state index in [0.717, 1.165) is 0 Å². The molecule has 1 fully saturated rings. The zero-order chi connectivity index (χ0) is 13.8. The average molecular weight is 278 g/mol. The molecule has 0 aliphatic carbocycles. The van der Waals surface area contributed by atoms with Crippen LogP contribution in [0.25, 0.3) is 0 Å². The fourth-order valence-corrected chi connectivity index (χ4v) is 3.21. The van der Waals surface area contributed by atoms with Gasteiger partial charge in [0.05, 0.1) is 18.6 Å². The minimum atomic E-state index is -2.88. The van der Waals surface area contributed by atoms with Gasteiger partial charge in [0.15, 0.2) is 9.84 Å². The number of ether oxygens (including phenoxy) is 1. The van der Waals surface area contributed by atoms with Gasteiger partial charge in [0.2, 0.25) is 0 Å². The highest BCUT2D eigenvalue weighted by atomic mass is 32.2. The quantitative estimate of drug-likeness (QED) is 0.667. The van der Waals surface area contributed by atoms with E-state index in [1.54, 1.807) is 0 Å². The van der Waals surface area contributed by atoms with Crippen molar-refractivity contribution in [1.82, 2.24) is 10.2 Å². The molecule has 1 aliphatic rings. The molecular formula is C11H22N2O4S. The molecular weight excluding hydrogens is 256 g/mol. The maximum absolute atomic E-state index is 11.6. The summed E-state index contributed by atoms with van der Waals surface area (Å²) in [5.41, 5.74) is 0. The first-order valence-corrected chi connectivity index (χ1v) is 7.93. The largest absolute Gasteiger partial charge is 0.468 e. The van der Waals surface area contributed by atoms with Crippen LogP contribution in [-0.2, 0) is 19.4 Å². The van der Waals surface area contributed by atoms with Gasteiger partial charge in [-0.05, 0) is 0 Å². The topological polar surface area (TPSA) is 75.7 Å². The zero-order valence-corrected chi connectivity index (χ0v) is 12.0. The van der Waals surface area contributed by atoms with Crippen molar-refractivity contribution in [2.75, 3.05) is 38.2 Å². The Bertz CT molecular complexity index is 367. The van der Waals surface area contributed by atoms with Crippen molar-refractivity contribution in [1.29, 1.82) is 0 Å². The van der Waals surface area contributed by atoms with Crippen molar-refractivity contribution in [2.45, 2.75) is 25.9 Å². The molecule has 6 nitrogen and oxygen atoms in total. The predicted molar refractivity (Wildman–Crippen MR) is 69.2 cm³/mol. The summed E-state index contributed by atoms with van der Waals surface area (Å²) < 4.78 is 27.4. The Labute approximate surface area is 109 Å². The van der Waals surface area contributed by atoms with Crippen LogP contribution in [0.15, 0.2) is 0 Å². The molecule has 0 spiro atoms. The van der Waals surface area contributed by atoms with E-state index in [4.69, 9.17) is 4.74 Å². The van der Waals surface area contributed by atoms with Crippen LogP contribution in [0.2, 0.25) is 0 Å². The van der Waals surface area contributed by atoms with Gasteiger partial charge in [0.1, 0.15) is 6.04 Å². The lowest BCUT2D eigenvalue weighted by atomic mass is 10.2. The van der Waals surface area contributed by atoms with Crippen LogP contribution in [0, 0.1) is 0 Å². The van der Waals surface area contributed by atoms with Gasteiger partial charge in [-0.25, -0.2) is 8.42 Å². The van der Waals surface area contributed by atoms with Crippen molar-refractivity contribution in [2.24, 2.45) is 0 Å². The van der Waals surface area contributed by atoms with Gasteiger partial charge in [-0.3, -0.25) is 9.69 Å². The number of sulfone groups is 1. The number of esters is 1. The molecule has 106 valence electrons. The SMILES string of the molecule is COC(=O)C(CN1CCS(=O)(=O)CC1)NC(C)C. The van der Waals surface area contributed by atoms with Crippen LogP contribution in [0.1, 0.15) is 13.8 Å². The molecule has 1 saturated heterocycles. The van der Waals surface area contributed by atoms with Gasteiger partial charge in [0.25, 0.3) is 0 Å². The van der Waals surface area contributed by atoms with E-state index in [9.17, 15) is 13.2 Å². The molecule has 1 unspecified atom stereocenters. The van der Waals surface area contributed by atoms with Gasteiger partial charge in [-0.15, -0.1) is 0 Å². The Morgan fingerprint density at radius 3 is 2.33 bits per heavy atom. The number of nitrogens with zero attached hydrogens (tertiary/aromatic N) is 1. The van der Waals surface area contributed by atoms with Gasteiger partial charge >= 0.3 is 5.97 Å². The van der Waals surface area contributed by atoms with Crippen LogP contribution in [-0.4, -0.2) is 69.6 Å². The summed E-state index contributed by atoms with van der Waals surface area (Å²) in [6, 6.07) is -0.238. The first-order chi connectivity index (χ1) is 8.34. The van der Waals surface area contributed by atoms with Gasteiger partial charge in [-0.2, -0.15) is 0 Å². The molecule has 0 aromatic heterocycles. The second-order valence-electron chi connectivity index (χ2n) is 4.85. The highest BCUT2D eigenvalue weighted by Crippen LogP contribution is 2.05. The van der Waals surface area contributed by atoms with E-state index in [2.05, 4.69) is 5.32 Å². The lowest BCUT2D eigenvalue weighted by Crippen LogP contribution is -2.52. The van der Waals surface area contributed by atoms with Crippen LogP contribution in [0.5, 0.6) is 0 Å². The minimum Gasteiger partial charge on any atom is -0.468 e. The normalized spacial score (nSPS) is 21.8. The average Bonchev–Trinajstić information content (AvgIpc) is 2.29. The maximum atomic E-state index is 11.6. The fourth-order valence-electron chi connectivity index (χ4n) is 1.93. The number of nitrogens with one attached hydrogen (secondary N) is 1. The molecule has 18 heavy (non-hydrogen) atoms. The highest BCUT2D eigenvalue weighted by molar-refractivity contribution is 7.91. The molecule has 1 atom stereocenters. The van der Waals surface area contributed by atoms with Crippen LogP contribution in [0.4, 0.5) is 0 Å². The van der Waals surface area contributed by atoms with Gasteiger partial charge in [0, 0.05) is 25.7 Å². The lowest BCUT2D eigenvalue weighted by molar-refractivity contribution is -0.143. The highest BCUT2D eigenvalue weighted by Gasteiger charge is 2.27. The lowest BCUT2D eigenvalue weighted by Gasteiger charge is -2.30. The van der Waals surface area contributed by atoms with Crippen molar-refractivity contribution < 1.29 is 17.9 Å². The van der Waals surface area contributed by atoms with E-state index in [0.29, 0.717) is 19.6 Å². The number of carbonyl (C=O) groups excluding carboxylic acids is 1. The van der Waals surface area contributed by atoms with Crippen LogP contribution >= 0.6 is 0 Å². The van der Waals surface area contributed by atoms with Crippen molar-refractivity contribution >= 4 is 15.8 Å². The number of rotatable bonds is 5. The molecule has 0 saturated carbocycles.